The maximum Gasteiger partial charge on any atom is 0.234 e. The van der Waals surface area contributed by atoms with Gasteiger partial charge in [0, 0.05) is 18.1 Å². The highest BCUT2D eigenvalue weighted by atomic mass is 35.5. The number of hydrogen-bond acceptors (Lipinski definition) is 3. The largest absolute Gasteiger partial charge is 0.355 e. The lowest BCUT2D eigenvalue weighted by Crippen LogP contribution is -2.46. The van der Waals surface area contributed by atoms with Gasteiger partial charge in [0.05, 0.1) is 18.0 Å². The molecule has 5 heteroatoms. The van der Waals surface area contributed by atoms with Crippen molar-refractivity contribution < 1.29 is 4.79 Å². The molecule has 0 unspecified atom stereocenters. The molecule has 0 saturated carbocycles. The first-order chi connectivity index (χ1) is 10.5. The molecule has 1 aromatic carbocycles. The topological polar surface area (TPSA) is 56.1 Å². The van der Waals surface area contributed by atoms with Gasteiger partial charge in [-0.3, -0.25) is 9.69 Å². The lowest BCUT2D eigenvalue weighted by atomic mass is 9.83. The zero-order chi connectivity index (χ0) is 16.0. The fraction of sp³-hybridized carbons (Fsp3) is 0.529. The Kier molecular flexibility index (Phi) is 5.82. The molecule has 1 aliphatic heterocycles. The van der Waals surface area contributed by atoms with Crippen molar-refractivity contribution >= 4 is 17.5 Å². The zero-order valence-electron chi connectivity index (χ0n) is 12.9. The van der Waals surface area contributed by atoms with Crippen LogP contribution in [0, 0.1) is 16.7 Å². The molecule has 1 amide bonds. The second-order valence-electron chi connectivity index (χ2n) is 6.22. The summed E-state index contributed by atoms with van der Waals surface area (Å²) >= 11 is 5.94. The lowest BCUT2D eigenvalue weighted by Gasteiger charge is -2.35. The van der Waals surface area contributed by atoms with Gasteiger partial charge < -0.3 is 5.32 Å². The third-order valence-corrected chi connectivity index (χ3v) is 4.27. The Balaban J connectivity index is 1.73. The number of likely N-dealkylation sites (tertiary alicyclic amines) is 1. The standard InChI is InChI=1S/C17H22ClN3O/c1-17(12-19)7-3-9-21(13-17)11-16(22)20-8-6-14-4-2-5-15(18)10-14/h2,4-5,10H,3,6-9,11,13H2,1H3,(H,20,22)/t17-/m1/s1. The lowest BCUT2D eigenvalue weighted by molar-refractivity contribution is -0.122. The van der Waals surface area contributed by atoms with Crippen molar-refractivity contribution in [3.05, 3.63) is 34.9 Å². The molecular weight excluding hydrogens is 298 g/mol. The van der Waals surface area contributed by atoms with Crippen LogP contribution in [0.3, 0.4) is 0 Å². The van der Waals surface area contributed by atoms with Crippen LogP contribution in [0.5, 0.6) is 0 Å². The summed E-state index contributed by atoms with van der Waals surface area (Å²) in [6.45, 7) is 4.50. The number of carbonyl (C=O) groups is 1. The van der Waals surface area contributed by atoms with E-state index in [0.29, 0.717) is 24.7 Å². The number of benzene rings is 1. The molecule has 1 aromatic rings. The van der Waals surface area contributed by atoms with Gasteiger partial charge in [-0.25, -0.2) is 0 Å². The van der Waals surface area contributed by atoms with E-state index in [9.17, 15) is 10.1 Å². The first-order valence-electron chi connectivity index (χ1n) is 7.65. The second kappa shape index (κ2) is 7.62. The van der Waals surface area contributed by atoms with Crippen LogP contribution >= 0.6 is 11.6 Å². The highest BCUT2D eigenvalue weighted by Gasteiger charge is 2.31. The monoisotopic (exact) mass is 319 g/mol. The van der Waals surface area contributed by atoms with Gasteiger partial charge in [0.15, 0.2) is 0 Å². The van der Waals surface area contributed by atoms with Crippen LogP contribution in [0.15, 0.2) is 24.3 Å². The van der Waals surface area contributed by atoms with E-state index in [1.807, 2.05) is 31.2 Å². The Morgan fingerprint density at radius 3 is 3.09 bits per heavy atom. The molecule has 0 aliphatic carbocycles. The normalized spacial score (nSPS) is 22.0. The van der Waals surface area contributed by atoms with E-state index in [2.05, 4.69) is 16.3 Å². The summed E-state index contributed by atoms with van der Waals surface area (Å²) in [5.41, 5.74) is 0.794. The molecule has 1 aliphatic rings. The van der Waals surface area contributed by atoms with E-state index >= 15 is 0 Å². The van der Waals surface area contributed by atoms with E-state index < -0.39 is 0 Å². The van der Waals surface area contributed by atoms with Crippen molar-refractivity contribution in [3.63, 3.8) is 0 Å². The summed E-state index contributed by atoms with van der Waals surface area (Å²) in [7, 11) is 0. The second-order valence-corrected chi connectivity index (χ2v) is 6.65. The quantitative estimate of drug-likeness (QED) is 0.907. The highest BCUT2D eigenvalue weighted by Crippen LogP contribution is 2.28. The molecule has 1 N–H and O–H groups in total. The van der Waals surface area contributed by atoms with Crippen molar-refractivity contribution in [1.82, 2.24) is 10.2 Å². The minimum Gasteiger partial charge on any atom is -0.355 e. The summed E-state index contributed by atoms with van der Waals surface area (Å²) in [5.74, 6) is 0.0178. The number of nitrogens with one attached hydrogen (secondary N) is 1. The van der Waals surface area contributed by atoms with Gasteiger partial charge in [-0.1, -0.05) is 23.7 Å². The number of rotatable bonds is 5. The number of piperidine rings is 1. The number of carbonyl (C=O) groups excluding carboxylic acids is 1. The van der Waals surface area contributed by atoms with Crippen LogP contribution in [0.1, 0.15) is 25.3 Å². The molecule has 118 valence electrons. The van der Waals surface area contributed by atoms with Crippen LogP contribution in [0.4, 0.5) is 0 Å². The van der Waals surface area contributed by atoms with E-state index in [4.69, 9.17) is 11.6 Å². The van der Waals surface area contributed by atoms with Crippen LogP contribution in [-0.4, -0.2) is 37.0 Å². The van der Waals surface area contributed by atoms with Crippen LogP contribution < -0.4 is 5.32 Å². The van der Waals surface area contributed by atoms with Crippen LogP contribution in [-0.2, 0) is 11.2 Å². The average molecular weight is 320 g/mol. The molecular formula is C17H22ClN3O. The van der Waals surface area contributed by atoms with Gasteiger partial charge in [0.2, 0.25) is 5.91 Å². The van der Waals surface area contributed by atoms with Gasteiger partial charge in [-0.15, -0.1) is 0 Å². The molecule has 0 radical (unpaired) electrons. The Labute approximate surface area is 137 Å². The molecule has 1 fully saturated rings. The van der Waals surface area contributed by atoms with Crippen LogP contribution in [0.2, 0.25) is 5.02 Å². The molecule has 2 rings (SSSR count). The molecule has 0 aromatic heterocycles. The van der Waals surface area contributed by atoms with Crippen LogP contribution in [0.25, 0.3) is 0 Å². The van der Waals surface area contributed by atoms with Crippen molar-refractivity contribution in [3.8, 4) is 6.07 Å². The number of nitrogens with zero attached hydrogens (tertiary/aromatic N) is 2. The summed E-state index contributed by atoms with van der Waals surface area (Å²) in [6, 6.07) is 10.0. The Hall–Kier alpha value is -1.57. The molecule has 1 atom stereocenters. The van der Waals surface area contributed by atoms with Crippen molar-refractivity contribution in [1.29, 1.82) is 5.26 Å². The Bertz CT molecular complexity index is 569. The molecule has 1 heterocycles. The third kappa shape index (κ3) is 5.01. The SMILES string of the molecule is C[C@]1(C#N)CCCN(CC(=O)NCCc2cccc(Cl)c2)C1. The predicted octanol–water partition coefficient (Wildman–Crippen LogP) is 2.62. The Morgan fingerprint density at radius 1 is 1.55 bits per heavy atom. The highest BCUT2D eigenvalue weighted by molar-refractivity contribution is 6.30. The van der Waals surface area contributed by atoms with E-state index in [-0.39, 0.29) is 11.3 Å². The van der Waals surface area contributed by atoms with Gasteiger partial charge >= 0.3 is 0 Å². The van der Waals surface area contributed by atoms with Gasteiger partial charge in [0.1, 0.15) is 0 Å². The molecule has 22 heavy (non-hydrogen) atoms. The average Bonchev–Trinajstić information content (AvgIpc) is 2.47. The van der Waals surface area contributed by atoms with E-state index in [1.54, 1.807) is 0 Å². The number of halogens is 1. The summed E-state index contributed by atoms with van der Waals surface area (Å²) in [6.07, 6.45) is 2.65. The zero-order valence-corrected chi connectivity index (χ0v) is 13.7. The number of nitriles is 1. The number of hydrogen-bond donors (Lipinski definition) is 1. The van der Waals surface area contributed by atoms with E-state index in [1.165, 1.54) is 0 Å². The summed E-state index contributed by atoms with van der Waals surface area (Å²) in [5, 5.41) is 12.9. The first-order valence-corrected chi connectivity index (χ1v) is 8.03. The maximum atomic E-state index is 12.0. The molecule has 1 saturated heterocycles. The summed E-state index contributed by atoms with van der Waals surface area (Å²) in [4.78, 5) is 14.1. The molecule has 0 bridgehead atoms. The minimum absolute atomic E-state index is 0.0178. The summed E-state index contributed by atoms with van der Waals surface area (Å²) < 4.78 is 0. The third-order valence-electron chi connectivity index (χ3n) is 4.04. The first kappa shape index (κ1) is 16.8. The molecule has 0 spiro atoms. The fourth-order valence-electron chi connectivity index (χ4n) is 2.87. The minimum atomic E-state index is -0.320. The maximum absolute atomic E-state index is 12.0. The molecule has 4 nitrogen and oxygen atoms in total. The van der Waals surface area contributed by atoms with Crippen molar-refractivity contribution in [2.24, 2.45) is 5.41 Å². The van der Waals surface area contributed by atoms with E-state index in [0.717, 1.165) is 31.4 Å². The van der Waals surface area contributed by atoms with Crippen molar-refractivity contribution in [2.75, 3.05) is 26.2 Å². The Morgan fingerprint density at radius 2 is 2.36 bits per heavy atom. The number of amides is 1. The van der Waals surface area contributed by atoms with Gasteiger partial charge in [-0.2, -0.15) is 5.26 Å². The van der Waals surface area contributed by atoms with Gasteiger partial charge in [-0.05, 0) is 50.4 Å². The fourth-order valence-corrected chi connectivity index (χ4v) is 3.08. The van der Waals surface area contributed by atoms with Crippen molar-refractivity contribution in [2.45, 2.75) is 26.2 Å². The van der Waals surface area contributed by atoms with Gasteiger partial charge in [0.25, 0.3) is 0 Å². The smallest absolute Gasteiger partial charge is 0.234 e. The predicted molar refractivity (Wildman–Crippen MR) is 87.6 cm³/mol.